The number of hydrogen-bond acceptors (Lipinski definition) is 4. The maximum Gasteiger partial charge on any atom is 0.326 e. The highest BCUT2D eigenvalue weighted by Gasteiger charge is 2.27. The van der Waals surface area contributed by atoms with Crippen molar-refractivity contribution in [2.45, 2.75) is 38.0 Å². The van der Waals surface area contributed by atoms with Gasteiger partial charge in [-0.05, 0) is 29.7 Å². The Morgan fingerprint density at radius 2 is 1.74 bits per heavy atom. The monoisotopic (exact) mass is 387 g/mol. The molecule has 0 aliphatic carbocycles. The van der Waals surface area contributed by atoms with E-state index in [0.29, 0.717) is 17.1 Å². The summed E-state index contributed by atoms with van der Waals surface area (Å²) < 4.78 is 5.88. The first kappa shape index (κ1) is 20.8. The molecule has 2 aromatic rings. The SMILES string of the molecule is CC[C@@H](C)[C@H](S)C(=O)N[C@@H](Cc1ccccc1Oc1ccccc1)C(=O)O. The summed E-state index contributed by atoms with van der Waals surface area (Å²) >= 11 is 4.33. The number of carbonyl (C=O) groups excluding carboxylic acids is 1. The molecule has 2 rings (SSSR count). The van der Waals surface area contributed by atoms with Crippen LogP contribution in [-0.2, 0) is 16.0 Å². The molecule has 0 aliphatic heterocycles. The van der Waals surface area contributed by atoms with E-state index in [1.807, 2.05) is 56.3 Å². The second-order valence-electron chi connectivity index (χ2n) is 6.46. The van der Waals surface area contributed by atoms with E-state index in [1.165, 1.54) is 0 Å². The predicted molar refractivity (Wildman–Crippen MR) is 108 cm³/mol. The van der Waals surface area contributed by atoms with E-state index in [-0.39, 0.29) is 18.2 Å². The van der Waals surface area contributed by atoms with Crippen LogP contribution in [0.1, 0.15) is 25.8 Å². The van der Waals surface area contributed by atoms with E-state index < -0.39 is 17.3 Å². The highest BCUT2D eigenvalue weighted by molar-refractivity contribution is 7.81. The topological polar surface area (TPSA) is 75.6 Å². The minimum Gasteiger partial charge on any atom is -0.480 e. The van der Waals surface area contributed by atoms with Gasteiger partial charge in [0, 0.05) is 6.42 Å². The average Bonchev–Trinajstić information content (AvgIpc) is 2.68. The normalized spacial score (nSPS) is 14.0. The first-order valence-corrected chi connectivity index (χ1v) is 9.46. The van der Waals surface area contributed by atoms with Crippen molar-refractivity contribution in [3.05, 3.63) is 60.2 Å². The van der Waals surface area contributed by atoms with Crippen LogP contribution in [0.2, 0.25) is 0 Å². The molecule has 0 aliphatic rings. The fourth-order valence-corrected chi connectivity index (χ4v) is 2.83. The third-order valence-corrected chi connectivity index (χ3v) is 5.18. The maximum atomic E-state index is 12.3. The number of carboxylic acids is 1. The number of aliphatic carboxylic acids is 1. The standard InChI is InChI=1S/C21H25NO4S/c1-3-14(2)19(27)20(23)22-17(21(24)25)13-15-9-7-8-12-18(15)26-16-10-5-4-6-11-16/h4-12,14,17,19,27H,3,13H2,1-2H3,(H,22,23)(H,24,25)/t14-,17+,19+/m1/s1. The number of thiol groups is 1. The smallest absolute Gasteiger partial charge is 0.326 e. The number of rotatable bonds is 9. The van der Waals surface area contributed by atoms with Crippen molar-refractivity contribution in [1.29, 1.82) is 0 Å². The molecule has 3 atom stereocenters. The van der Waals surface area contributed by atoms with Gasteiger partial charge in [0.25, 0.3) is 0 Å². The van der Waals surface area contributed by atoms with Crippen LogP contribution in [0.4, 0.5) is 0 Å². The lowest BCUT2D eigenvalue weighted by atomic mass is 10.0. The molecule has 0 radical (unpaired) electrons. The number of amides is 1. The van der Waals surface area contributed by atoms with Crippen molar-refractivity contribution < 1.29 is 19.4 Å². The number of benzene rings is 2. The Kier molecular flexibility index (Phi) is 7.73. The average molecular weight is 388 g/mol. The molecule has 0 saturated carbocycles. The van der Waals surface area contributed by atoms with Gasteiger partial charge in [0.1, 0.15) is 17.5 Å². The minimum atomic E-state index is -1.09. The molecule has 0 heterocycles. The lowest BCUT2D eigenvalue weighted by Crippen LogP contribution is -2.46. The summed E-state index contributed by atoms with van der Waals surface area (Å²) in [6, 6.07) is 15.4. The van der Waals surface area contributed by atoms with Gasteiger partial charge >= 0.3 is 5.97 Å². The first-order valence-electron chi connectivity index (χ1n) is 8.94. The van der Waals surface area contributed by atoms with Gasteiger partial charge in [0.2, 0.25) is 5.91 Å². The van der Waals surface area contributed by atoms with Crippen LogP contribution in [-0.4, -0.2) is 28.3 Å². The van der Waals surface area contributed by atoms with Crippen LogP contribution in [0, 0.1) is 5.92 Å². The summed E-state index contributed by atoms with van der Waals surface area (Å²) in [5.74, 6) is -0.192. The van der Waals surface area contributed by atoms with Crippen LogP contribution < -0.4 is 10.1 Å². The fraction of sp³-hybridized carbons (Fsp3) is 0.333. The number of carbonyl (C=O) groups is 2. The van der Waals surface area contributed by atoms with E-state index >= 15 is 0 Å². The lowest BCUT2D eigenvalue weighted by Gasteiger charge is -2.21. The molecular weight excluding hydrogens is 362 g/mol. The third-order valence-electron chi connectivity index (χ3n) is 4.43. The summed E-state index contributed by atoms with van der Waals surface area (Å²) in [5.41, 5.74) is 0.702. The molecule has 144 valence electrons. The van der Waals surface area contributed by atoms with Crippen LogP contribution >= 0.6 is 12.6 Å². The van der Waals surface area contributed by atoms with Crippen LogP contribution in [0.5, 0.6) is 11.5 Å². The molecule has 6 heteroatoms. The van der Waals surface area contributed by atoms with Crippen molar-refractivity contribution in [3.63, 3.8) is 0 Å². The van der Waals surface area contributed by atoms with Gasteiger partial charge in [-0.1, -0.05) is 56.7 Å². The predicted octanol–water partition coefficient (Wildman–Crippen LogP) is 3.94. The number of ether oxygens (including phenoxy) is 1. The molecule has 0 saturated heterocycles. The van der Waals surface area contributed by atoms with Crippen molar-refractivity contribution in [1.82, 2.24) is 5.32 Å². The molecule has 5 nitrogen and oxygen atoms in total. The Bertz CT molecular complexity index is 766. The van der Waals surface area contributed by atoms with Crippen molar-refractivity contribution in [2.24, 2.45) is 5.92 Å². The van der Waals surface area contributed by atoms with Crippen molar-refractivity contribution >= 4 is 24.5 Å². The Hall–Kier alpha value is -2.47. The molecule has 0 unspecified atom stereocenters. The molecular formula is C21H25NO4S. The highest BCUT2D eigenvalue weighted by atomic mass is 32.1. The Morgan fingerprint density at radius 1 is 1.11 bits per heavy atom. The fourth-order valence-electron chi connectivity index (χ4n) is 2.55. The van der Waals surface area contributed by atoms with Gasteiger partial charge in [-0.3, -0.25) is 4.79 Å². The van der Waals surface area contributed by atoms with Crippen molar-refractivity contribution in [3.8, 4) is 11.5 Å². The number of carboxylic acid groups (broad SMARTS) is 1. The maximum absolute atomic E-state index is 12.3. The molecule has 0 spiro atoms. The molecule has 1 amide bonds. The van der Waals surface area contributed by atoms with Crippen LogP contribution in [0.3, 0.4) is 0 Å². The van der Waals surface area contributed by atoms with E-state index in [2.05, 4.69) is 17.9 Å². The lowest BCUT2D eigenvalue weighted by molar-refractivity contribution is -0.141. The number of para-hydroxylation sites is 2. The summed E-state index contributed by atoms with van der Waals surface area (Å²) in [6.07, 6.45) is 0.901. The second-order valence-corrected chi connectivity index (χ2v) is 7.01. The van der Waals surface area contributed by atoms with Crippen molar-refractivity contribution in [2.75, 3.05) is 0 Å². The van der Waals surface area contributed by atoms with Gasteiger partial charge in [-0.25, -0.2) is 4.79 Å². The first-order chi connectivity index (χ1) is 12.9. The van der Waals surface area contributed by atoms with Gasteiger partial charge in [-0.2, -0.15) is 12.6 Å². The number of hydrogen-bond donors (Lipinski definition) is 3. The minimum absolute atomic E-state index is 0.0523. The summed E-state index contributed by atoms with van der Waals surface area (Å²) in [7, 11) is 0. The van der Waals surface area contributed by atoms with Gasteiger partial charge < -0.3 is 15.2 Å². The Morgan fingerprint density at radius 3 is 2.37 bits per heavy atom. The zero-order valence-electron chi connectivity index (χ0n) is 15.5. The summed E-state index contributed by atoms with van der Waals surface area (Å²) in [6.45, 7) is 3.88. The zero-order valence-corrected chi connectivity index (χ0v) is 16.4. The molecule has 2 N–H and O–H groups in total. The zero-order chi connectivity index (χ0) is 19.8. The van der Waals surface area contributed by atoms with Gasteiger partial charge in [-0.15, -0.1) is 0 Å². The molecule has 2 aromatic carbocycles. The third kappa shape index (κ3) is 6.03. The van der Waals surface area contributed by atoms with Gasteiger partial charge in [0.05, 0.1) is 5.25 Å². The molecule has 27 heavy (non-hydrogen) atoms. The van der Waals surface area contributed by atoms with Gasteiger partial charge in [0.15, 0.2) is 0 Å². The highest BCUT2D eigenvalue weighted by Crippen LogP contribution is 2.26. The number of nitrogens with one attached hydrogen (secondary N) is 1. The summed E-state index contributed by atoms with van der Waals surface area (Å²) in [4.78, 5) is 24.0. The second kappa shape index (κ2) is 10.0. The van der Waals surface area contributed by atoms with E-state index in [1.54, 1.807) is 12.1 Å². The van der Waals surface area contributed by atoms with E-state index in [4.69, 9.17) is 4.74 Å². The molecule has 0 aromatic heterocycles. The Labute approximate surface area is 165 Å². The van der Waals surface area contributed by atoms with E-state index in [9.17, 15) is 14.7 Å². The molecule has 0 bridgehead atoms. The van der Waals surface area contributed by atoms with E-state index in [0.717, 1.165) is 6.42 Å². The van der Waals surface area contributed by atoms with Crippen LogP contribution in [0.25, 0.3) is 0 Å². The molecule has 0 fully saturated rings. The Balaban J connectivity index is 2.15. The quantitative estimate of drug-likeness (QED) is 0.570. The van der Waals surface area contributed by atoms with Crippen LogP contribution in [0.15, 0.2) is 54.6 Å². The largest absolute Gasteiger partial charge is 0.480 e. The summed E-state index contributed by atoms with van der Waals surface area (Å²) in [5, 5.41) is 11.6.